The lowest BCUT2D eigenvalue weighted by Gasteiger charge is -2.11. The molecule has 0 fully saturated rings. The molecule has 1 unspecified atom stereocenters. The number of aliphatic hydroxyl groups excluding tert-OH is 1. The van der Waals surface area contributed by atoms with Gasteiger partial charge < -0.3 is 9.63 Å². The summed E-state index contributed by atoms with van der Waals surface area (Å²) in [5, 5.41) is 13.0. The third-order valence-corrected chi connectivity index (χ3v) is 2.93. The van der Waals surface area contributed by atoms with Crippen LogP contribution in [0.5, 0.6) is 0 Å². The highest BCUT2D eigenvalue weighted by atomic mass is 35.5. The van der Waals surface area contributed by atoms with Crippen molar-refractivity contribution in [1.82, 2.24) is 10.1 Å². The van der Waals surface area contributed by atoms with Crippen molar-refractivity contribution in [1.29, 1.82) is 0 Å². The number of benzene rings is 1. The molecule has 1 aromatic heterocycles. The number of aromatic nitrogens is 2. The van der Waals surface area contributed by atoms with E-state index in [-0.39, 0.29) is 18.1 Å². The van der Waals surface area contributed by atoms with Crippen molar-refractivity contribution in [2.75, 3.05) is 0 Å². The highest BCUT2D eigenvalue weighted by Gasteiger charge is 2.39. The van der Waals surface area contributed by atoms with E-state index < -0.39 is 18.7 Å². The molecule has 0 saturated carbocycles. The van der Waals surface area contributed by atoms with Crippen LogP contribution in [0.3, 0.4) is 0 Å². The Hall–Kier alpha value is -1.60. The van der Waals surface area contributed by atoms with Crippen LogP contribution in [-0.2, 0) is 12.8 Å². The van der Waals surface area contributed by atoms with E-state index in [1.54, 1.807) is 24.3 Å². The quantitative estimate of drug-likeness (QED) is 0.943. The summed E-state index contributed by atoms with van der Waals surface area (Å²) in [5.41, 5.74) is 0.734. The highest BCUT2D eigenvalue weighted by molar-refractivity contribution is 6.31. The zero-order chi connectivity index (χ0) is 14.8. The summed E-state index contributed by atoms with van der Waals surface area (Å²) in [6.45, 7) is 0. The molecule has 0 radical (unpaired) electrons. The number of hydrogen-bond donors (Lipinski definition) is 1. The number of aliphatic hydroxyl groups is 1. The van der Waals surface area contributed by atoms with Gasteiger partial charge in [0.25, 0.3) is 0 Å². The molecule has 20 heavy (non-hydrogen) atoms. The van der Waals surface area contributed by atoms with Gasteiger partial charge >= 0.3 is 6.18 Å². The third-order valence-electron chi connectivity index (χ3n) is 2.56. The number of alkyl halides is 3. The van der Waals surface area contributed by atoms with Gasteiger partial charge in [0.1, 0.15) is 0 Å². The van der Waals surface area contributed by atoms with E-state index >= 15 is 0 Å². The van der Waals surface area contributed by atoms with Crippen molar-refractivity contribution in [2.24, 2.45) is 0 Å². The maximum atomic E-state index is 12.2. The van der Waals surface area contributed by atoms with E-state index in [0.717, 1.165) is 5.56 Å². The zero-order valence-corrected chi connectivity index (χ0v) is 10.8. The van der Waals surface area contributed by atoms with E-state index in [0.29, 0.717) is 5.02 Å². The molecule has 0 spiro atoms. The van der Waals surface area contributed by atoms with Crippen LogP contribution in [0, 0.1) is 0 Å². The Morgan fingerprint density at radius 1 is 1.30 bits per heavy atom. The van der Waals surface area contributed by atoms with Gasteiger partial charge in [-0.1, -0.05) is 35.0 Å². The fourth-order valence-corrected chi connectivity index (χ4v) is 1.74. The molecule has 2 rings (SSSR count). The van der Waals surface area contributed by atoms with Gasteiger partial charge in [0.2, 0.25) is 5.89 Å². The molecule has 0 aliphatic heterocycles. The molecule has 1 heterocycles. The van der Waals surface area contributed by atoms with Crippen molar-refractivity contribution < 1.29 is 22.8 Å². The Morgan fingerprint density at radius 3 is 2.65 bits per heavy atom. The molecule has 0 amide bonds. The average Bonchev–Trinajstić information content (AvgIpc) is 2.78. The Labute approximate surface area is 117 Å². The predicted octanol–water partition coefficient (Wildman–Crippen LogP) is 2.78. The molecule has 0 aliphatic rings. The van der Waals surface area contributed by atoms with Crippen LogP contribution >= 0.6 is 11.6 Å². The Morgan fingerprint density at radius 2 is 2.00 bits per heavy atom. The maximum Gasteiger partial charge on any atom is 0.414 e. The van der Waals surface area contributed by atoms with E-state index in [1.165, 1.54) is 0 Å². The second kappa shape index (κ2) is 5.80. The lowest BCUT2D eigenvalue weighted by molar-refractivity contribution is -0.204. The van der Waals surface area contributed by atoms with Gasteiger partial charge in [0.15, 0.2) is 11.9 Å². The Bertz CT molecular complexity index is 586. The van der Waals surface area contributed by atoms with Gasteiger partial charge in [-0.25, -0.2) is 0 Å². The SMILES string of the molecule is OC(Cc1nc(Cc2ccccc2Cl)no1)C(F)(F)F. The molecule has 1 aromatic carbocycles. The number of nitrogens with zero attached hydrogens (tertiary/aromatic N) is 2. The van der Waals surface area contributed by atoms with Gasteiger partial charge in [0.05, 0.1) is 6.42 Å². The minimum atomic E-state index is -4.71. The first-order chi connectivity index (χ1) is 9.36. The van der Waals surface area contributed by atoms with E-state index in [1.807, 2.05) is 0 Å². The molecule has 1 N–H and O–H groups in total. The van der Waals surface area contributed by atoms with Crippen LogP contribution in [0.2, 0.25) is 5.02 Å². The van der Waals surface area contributed by atoms with Crippen molar-refractivity contribution >= 4 is 11.6 Å². The fourth-order valence-electron chi connectivity index (χ4n) is 1.54. The van der Waals surface area contributed by atoms with E-state index in [2.05, 4.69) is 14.7 Å². The minimum absolute atomic E-state index is 0.211. The van der Waals surface area contributed by atoms with Crippen molar-refractivity contribution in [3.05, 3.63) is 46.6 Å². The Balaban J connectivity index is 2.05. The summed E-state index contributed by atoms with van der Waals surface area (Å²) in [5.74, 6) is -0.0562. The fraction of sp³-hybridized carbons (Fsp3) is 0.333. The van der Waals surface area contributed by atoms with Gasteiger partial charge in [-0.2, -0.15) is 18.2 Å². The number of halogens is 4. The second-order valence-electron chi connectivity index (χ2n) is 4.13. The molecular formula is C12H10ClF3N2O2. The first-order valence-corrected chi connectivity index (χ1v) is 6.03. The van der Waals surface area contributed by atoms with Crippen molar-refractivity contribution in [3.8, 4) is 0 Å². The standard InChI is InChI=1S/C12H10ClF3N2O2/c13-8-4-2-1-3-7(8)5-10-17-11(20-18-10)6-9(19)12(14,15)16/h1-4,9,19H,5-6H2. The summed E-state index contributed by atoms with van der Waals surface area (Å²) in [7, 11) is 0. The minimum Gasteiger partial charge on any atom is -0.383 e. The largest absolute Gasteiger partial charge is 0.414 e. The van der Waals surface area contributed by atoms with Gasteiger partial charge in [0, 0.05) is 11.4 Å². The molecule has 2 aromatic rings. The second-order valence-corrected chi connectivity index (χ2v) is 4.54. The third kappa shape index (κ3) is 3.71. The summed E-state index contributed by atoms with van der Waals surface area (Å²) in [6, 6.07) is 6.97. The summed E-state index contributed by atoms with van der Waals surface area (Å²) in [4.78, 5) is 3.80. The lowest BCUT2D eigenvalue weighted by Crippen LogP contribution is -2.30. The lowest BCUT2D eigenvalue weighted by atomic mass is 10.1. The average molecular weight is 307 g/mol. The molecule has 108 valence electrons. The molecule has 0 bridgehead atoms. The van der Waals surface area contributed by atoms with Gasteiger partial charge in [-0.3, -0.25) is 0 Å². The van der Waals surface area contributed by atoms with Gasteiger partial charge in [-0.05, 0) is 11.6 Å². The number of hydrogen-bond acceptors (Lipinski definition) is 4. The first kappa shape index (κ1) is 14.8. The van der Waals surface area contributed by atoms with Crippen LogP contribution in [0.1, 0.15) is 17.3 Å². The van der Waals surface area contributed by atoms with Crippen molar-refractivity contribution in [2.45, 2.75) is 25.1 Å². The van der Waals surface area contributed by atoms with Crippen LogP contribution < -0.4 is 0 Å². The normalized spacial score (nSPS) is 13.4. The summed E-state index contributed by atoms with van der Waals surface area (Å²) >= 11 is 5.95. The highest BCUT2D eigenvalue weighted by Crippen LogP contribution is 2.23. The van der Waals surface area contributed by atoms with E-state index in [4.69, 9.17) is 16.7 Å². The monoisotopic (exact) mass is 306 g/mol. The molecule has 4 nitrogen and oxygen atoms in total. The van der Waals surface area contributed by atoms with Crippen LogP contribution in [0.25, 0.3) is 0 Å². The smallest absolute Gasteiger partial charge is 0.383 e. The molecule has 8 heteroatoms. The van der Waals surface area contributed by atoms with Crippen molar-refractivity contribution in [3.63, 3.8) is 0 Å². The van der Waals surface area contributed by atoms with Crippen LogP contribution in [0.15, 0.2) is 28.8 Å². The topological polar surface area (TPSA) is 59.2 Å². The molecule has 0 saturated heterocycles. The summed E-state index contributed by atoms with van der Waals surface area (Å²) < 4.78 is 41.2. The molecular weight excluding hydrogens is 297 g/mol. The summed E-state index contributed by atoms with van der Waals surface area (Å²) in [6.07, 6.45) is -7.75. The van der Waals surface area contributed by atoms with Crippen LogP contribution in [0.4, 0.5) is 13.2 Å². The van der Waals surface area contributed by atoms with Gasteiger partial charge in [-0.15, -0.1) is 0 Å². The Kier molecular flexibility index (Phi) is 4.29. The van der Waals surface area contributed by atoms with Crippen LogP contribution in [-0.4, -0.2) is 27.5 Å². The first-order valence-electron chi connectivity index (χ1n) is 5.66. The maximum absolute atomic E-state index is 12.2. The molecule has 1 atom stereocenters. The predicted molar refractivity (Wildman–Crippen MR) is 64.3 cm³/mol. The zero-order valence-electron chi connectivity index (χ0n) is 10.1. The van der Waals surface area contributed by atoms with E-state index in [9.17, 15) is 13.2 Å². The molecule has 0 aliphatic carbocycles. The number of rotatable bonds is 4.